The van der Waals surface area contributed by atoms with Gasteiger partial charge < -0.3 is 0 Å². The van der Waals surface area contributed by atoms with Crippen molar-refractivity contribution in [2.24, 2.45) is 5.84 Å². The van der Waals surface area contributed by atoms with Crippen LogP contribution in [0.1, 0.15) is 23.6 Å². The van der Waals surface area contributed by atoms with Crippen LogP contribution in [0.25, 0.3) is 0 Å². The Morgan fingerprint density at radius 3 is 2.92 bits per heavy atom. The van der Waals surface area contributed by atoms with E-state index in [-0.39, 0.29) is 0 Å². The Bertz CT molecular complexity index is 281. The second-order valence-electron chi connectivity index (χ2n) is 3.42. The van der Waals surface area contributed by atoms with Gasteiger partial charge in [0.25, 0.3) is 0 Å². The van der Waals surface area contributed by atoms with Crippen LogP contribution < -0.4 is 5.84 Å². The van der Waals surface area contributed by atoms with Gasteiger partial charge in [-0.2, -0.15) is 0 Å². The number of rotatable bonds is 1. The Labute approximate surface area is 73.0 Å². The van der Waals surface area contributed by atoms with E-state index in [4.69, 9.17) is 5.84 Å². The number of hydrogen-bond acceptors (Lipinski definition) is 2. The van der Waals surface area contributed by atoms with Crippen LogP contribution in [0.15, 0.2) is 24.3 Å². The van der Waals surface area contributed by atoms with E-state index in [1.54, 1.807) is 0 Å². The molecule has 12 heavy (non-hydrogen) atoms. The van der Waals surface area contributed by atoms with Crippen molar-refractivity contribution >= 4 is 0 Å². The quantitative estimate of drug-likeness (QED) is 0.500. The van der Waals surface area contributed by atoms with E-state index >= 15 is 0 Å². The molecule has 1 aliphatic carbocycles. The van der Waals surface area contributed by atoms with E-state index < -0.39 is 0 Å². The van der Waals surface area contributed by atoms with Crippen molar-refractivity contribution in [3.63, 3.8) is 0 Å². The number of nitrogens with two attached hydrogens (primary N) is 1. The summed E-state index contributed by atoms with van der Waals surface area (Å²) in [4.78, 5) is 0. The van der Waals surface area contributed by atoms with Crippen LogP contribution in [0.3, 0.4) is 0 Å². The third kappa shape index (κ3) is 1.13. The average Bonchev–Trinajstić information content (AvgIpc) is 2.47. The van der Waals surface area contributed by atoms with Crippen LogP contribution in [0.4, 0.5) is 0 Å². The van der Waals surface area contributed by atoms with Crippen LogP contribution >= 0.6 is 0 Å². The fourth-order valence-electron chi connectivity index (χ4n) is 1.96. The molecule has 0 saturated heterocycles. The van der Waals surface area contributed by atoms with Gasteiger partial charge in [0.15, 0.2) is 0 Å². The van der Waals surface area contributed by atoms with Crippen molar-refractivity contribution in [1.29, 1.82) is 0 Å². The molecular weight excluding hydrogens is 148 g/mol. The third-order valence-corrected chi connectivity index (χ3v) is 2.59. The number of benzene rings is 1. The summed E-state index contributed by atoms with van der Waals surface area (Å²) in [6, 6.07) is 8.98. The molecule has 2 N–H and O–H groups in total. The number of hydrazine groups is 1. The van der Waals surface area contributed by atoms with Gasteiger partial charge in [0, 0.05) is 13.1 Å². The van der Waals surface area contributed by atoms with E-state index in [9.17, 15) is 0 Å². The molecule has 0 aromatic heterocycles. The van der Waals surface area contributed by atoms with Crippen molar-refractivity contribution in [3.8, 4) is 0 Å². The minimum atomic E-state index is 0.432. The minimum Gasteiger partial charge on any atom is -0.268 e. The maximum absolute atomic E-state index is 5.75. The Kier molecular flexibility index (Phi) is 1.87. The predicted molar refractivity (Wildman–Crippen MR) is 49.5 cm³/mol. The Morgan fingerprint density at radius 2 is 2.17 bits per heavy atom. The number of nitrogens with zero attached hydrogens (tertiary/aromatic N) is 1. The monoisotopic (exact) mass is 162 g/mol. The summed E-state index contributed by atoms with van der Waals surface area (Å²) in [5.41, 5.74) is 2.86. The Morgan fingerprint density at radius 1 is 1.42 bits per heavy atom. The van der Waals surface area contributed by atoms with Gasteiger partial charge in [-0.25, -0.2) is 5.01 Å². The molecule has 0 saturated carbocycles. The number of fused-ring (bicyclic) bond motifs is 1. The zero-order valence-electron chi connectivity index (χ0n) is 7.33. The first-order chi connectivity index (χ1) is 5.79. The summed E-state index contributed by atoms with van der Waals surface area (Å²) >= 11 is 0. The maximum Gasteiger partial charge on any atom is 0.0493 e. The molecule has 0 bridgehead atoms. The van der Waals surface area contributed by atoms with Crippen molar-refractivity contribution < 1.29 is 0 Å². The van der Waals surface area contributed by atoms with Gasteiger partial charge in [0.05, 0.1) is 0 Å². The number of aryl methyl sites for hydroxylation is 1. The maximum atomic E-state index is 5.75. The molecule has 1 atom stereocenters. The van der Waals surface area contributed by atoms with Crippen LogP contribution in [-0.2, 0) is 6.42 Å². The summed E-state index contributed by atoms with van der Waals surface area (Å²) in [5.74, 6) is 5.75. The standard InChI is InChI=1S/C10H14N2/c1-12(11)10-7-6-8-4-2-3-5-9(8)10/h2-5,10H,6-7,11H2,1H3. The highest BCUT2D eigenvalue weighted by Gasteiger charge is 2.23. The molecule has 1 aromatic carbocycles. The highest BCUT2D eigenvalue weighted by molar-refractivity contribution is 5.34. The summed E-state index contributed by atoms with van der Waals surface area (Å²) in [6.07, 6.45) is 2.33. The zero-order chi connectivity index (χ0) is 8.55. The fourth-order valence-corrected chi connectivity index (χ4v) is 1.96. The van der Waals surface area contributed by atoms with Crippen molar-refractivity contribution in [2.45, 2.75) is 18.9 Å². The highest BCUT2D eigenvalue weighted by atomic mass is 15.4. The van der Waals surface area contributed by atoms with E-state index in [2.05, 4.69) is 24.3 Å². The molecule has 1 unspecified atom stereocenters. The summed E-state index contributed by atoms with van der Waals surface area (Å²) < 4.78 is 0. The SMILES string of the molecule is CN(N)C1CCc2ccccc21. The van der Waals surface area contributed by atoms with E-state index in [0.717, 1.165) is 6.42 Å². The van der Waals surface area contributed by atoms with Gasteiger partial charge in [-0.15, -0.1) is 0 Å². The summed E-state index contributed by atoms with van der Waals surface area (Å²) in [7, 11) is 1.94. The lowest BCUT2D eigenvalue weighted by molar-refractivity contribution is 0.252. The normalized spacial score (nSPS) is 21.4. The zero-order valence-corrected chi connectivity index (χ0v) is 7.33. The predicted octanol–water partition coefficient (Wildman–Crippen LogP) is 1.48. The van der Waals surface area contributed by atoms with Gasteiger partial charge in [-0.05, 0) is 24.0 Å². The molecule has 0 fully saturated rings. The first-order valence-corrected chi connectivity index (χ1v) is 4.34. The molecule has 0 radical (unpaired) electrons. The highest BCUT2D eigenvalue weighted by Crippen LogP contribution is 2.32. The lowest BCUT2D eigenvalue weighted by atomic mass is 10.1. The van der Waals surface area contributed by atoms with E-state index in [1.807, 2.05) is 12.1 Å². The van der Waals surface area contributed by atoms with E-state index in [1.165, 1.54) is 17.5 Å². The van der Waals surface area contributed by atoms with Crippen LogP contribution in [0.5, 0.6) is 0 Å². The molecule has 0 amide bonds. The van der Waals surface area contributed by atoms with Crippen LogP contribution in [-0.4, -0.2) is 12.1 Å². The number of hydrogen-bond donors (Lipinski definition) is 1. The van der Waals surface area contributed by atoms with Gasteiger partial charge in [0.2, 0.25) is 0 Å². The smallest absolute Gasteiger partial charge is 0.0493 e. The molecule has 0 aliphatic heterocycles. The second-order valence-corrected chi connectivity index (χ2v) is 3.42. The van der Waals surface area contributed by atoms with Gasteiger partial charge in [-0.3, -0.25) is 5.84 Å². The lowest BCUT2D eigenvalue weighted by Crippen LogP contribution is -2.29. The van der Waals surface area contributed by atoms with Crippen LogP contribution in [0, 0.1) is 0 Å². The van der Waals surface area contributed by atoms with Gasteiger partial charge in [-0.1, -0.05) is 24.3 Å². The van der Waals surface area contributed by atoms with Crippen molar-refractivity contribution in [1.82, 2.24) is 5.01 Å². The fraction of sp³-hybridized carbons (Fsp3) is 0.400. The molecule has 2 rings (SSSR count). The minimum absolute atomic E-state index is 0.432. The molecule has 0 spiro atoms. The Balaban J connectivity index is 2.36. The third-order valence-electron chi connectivity index (χ3n) is 2.59. The largest absolute Gasteiger partial charge is 0.268 e. The Hall–Kier alpha value is -0.860. The first-order valence-electron chi connectivity index (χ1n) is 4.34. The van der Waals surface area contributed by atoms with Gasteiger partial charge >= 0.3 is 0 Å². The molecule has 1 aliphatic rings. The molecule has 64 valence electrons. The van der Waals surface area contributed by atoms with Crippen molar-refractivity contribution in [3.05, 3.63) is 35.4 Å². The van der Waals surface area contributed by atoms with E-state index in [0.29, 0.717) is 6.04 Å². The summed E-state index contributed by atoms with van der Waals surface area (Å²) in [5, 5.41) is 1.81. The first kappa shape index (κ1) is 7.77. The van der Waals surface area contributed by atoms with Gasteiger partial charge in [0.1, 0.15) is 0 Å². The molecule has 1 aromatic rings. The lowest BCUT2D eigenvalue weighted by Gasteiger charge is -2.19. The summed E-state index contributed by atoms with van der Waals surface area (Å²) in [6.45, 7) is 0. The molecule has 0 heterocycles. The second kappa shape index (κ2) is 2.88. The molecule has 2 nitrogen and oxygen atoms in total. The van der Waals surface area contributed by atoms with Crippen LogP contribution in [0.2, 0.25) is 0 Å². The van der Waals surface area contributed by atoms with Crippen molar-refractivity contribution in [2.75, 3.05) is 7.05 Å². The topological polar surface area (TPSA) is 29.3 Å². The molecular formula is C10H14N2. The molecule has 2 heteroatoms. The average molecular weight is 162 g/mol.